The summed E-state index contributed by atoms with van der Waals surface area (Å²) < 4.78 is 12.2. The number of hydrogen-bond donors (Lipinski definition) is 1. The van der Waals surface area contributed by atoms with E-state index in [1.54, 1.807) is 0 Å². The van der Waals surface area contributed by atoms with Gasteiger partial charge in [-0.25, -0.2) is 0 Å². The molecule has 4 nitrogen and oxygen atoms in total. The third kappa shape index (κ3) is 3.29. The van der Waals surface area contributed by atoms with Crippen molar-refractivity contribution in [2.45, 2.75) is 50.7 Å². The molecule has 21 heavy (non-hydrogen) atoms. The molecule has 0 aliphatic carbocycles. The molecule has 4 heteroatoms. The first kappa shape index (κ1) is 15.0. The molecule has 2 aliphatic rings. The molecule has 2 heterocycles. The minimum atomic E-state index is -0.610. The summed E-state index contributed by atoms with van der Waals surface area (Å²) in [6.45, 7) is 6.91. The van der Waals surface area contributed by atoms with Crippen LogP contribution in [0.25, 0.3) is 0 Å². The quantitative estimate of drug-likeness (QED) is 0.926. The van der Waals surface area contributed by atoms with Gasteiger partial charge in [0.05, 0.1) is 12.7 Å². The molecule has 4 unspecified atom stereocenters. The highest BCUT2D eigenvalue weighted by Gasteiger charge is 2.40. The van der Waals surface area contributed by atoms with Crippen LogP contribution in [0.3, 0.4) is 0 Å². The summed E-state index contributed by atoms with van der Waals surface area (Å²) in [7, 11) is 0. The van der Waals surface area contributed by atoms with Crippen LogP contribution in [-0.4, -0.2) is 42.8 Å². The molecule has 0 bridgehead atoms. The van der Waals surface area contributed by atoms with E-state index in [2.05, 4.69) is 24.0 Å². The van der Waals surface area contributed by atoms with Gasteiger partial charge in [0.15, 0.2) is 5.79 Å². The highest BCUT2D eigenvalue weighted by molar-refractivity contribution is 5.20. The standard InChI is InChI=1S/C17H26N2O2/c1-13-10-15(18)8-9-19(13)11-16-12-20-17(2,21-16)14-6-4-3-5-7-14/h3-7,13,15-16H,8-12,18H2,1-2H3. The first-order valence-corrected chi connectivity index (χ1v) is 7.94. The molecule has 2 saturated heterocycles. The van der Waals surface area contributed by atoms with Gasteiger partial charge >= 0.3 is 0 Å². The molecule has 0 spiro atoms. The van der Waals surface area contributed by atoms with Crippen molar-refractivity contribution >= 4 is 0 Å². The zero-order valence-electron chi connectivity index (χ0n) is 13.0. The first-order valence-electron chi connectivity index (χ1n) is 7.94. The molecular weight excluding hydrogens is 264 g/mol. The van der Waals surface area contributed by atoms with Gasteiger partial charge in [-0.05, 0) is 33.2 Å². The van der Waals surface area contributed by atoms with Crippen LogP contribution in [0.5, 0.6) is 0 Å². The van der Waals surface area contributed by atoms with Gasteiger partial charge in [-0.15, -0.1) is 0 Å². The zero-order chi connectivity index (χ0) is 14.9. The Balaban J connectivity index is 1.60. The van der Waals surface area contributed by atoms with Crippen LogP contribution in [0.4, 0.5) is 0 Å². The second kappa shape index (κ2) is 6.05. The Bertz CT molecular complexity index is 467. The van der Waals surface area contributed by atoms with Crippen molar-refractivity contribution in [1.29, 1.82) is 0 Å². The topological polar surface area (TPSA) is 47.7 Å². The molecular formula is C17H26N2O2. The fraction of sp³-hybridized carbons (Fsp3) is 0.647. The monoisotopic (exact) mass is 290 g/mol. The number of hydrogen-bond acceptors (Lipinski definition) is 4. The van der Waals surface area contributed by atoms with E-state index in [9.17, 15) is 0 Å². The number of ether oxygens (including phenoxy) is 2. The molecule has 2 aliphatic heterocycles. The van der Waals surface area contributed by atoms with E-state index in [0.29, 0.717) is 18.7 Å². The van der Waals surface area contributed by atoms with Crippen LogP contribution in [0, 0.1) is 0 Å². The van der Waals surface area contributed by atoms with E-state index in [1.165, 1.54) is 0 Å². The van der Waals surface area contributed by atoms with E-state index in [1.807, 2.05) is 25.1 Å². The highest BCUT2D eigenvalue weighted by Crippen LogP contribution is 2.34. The molecule has 1 aromatic carbocycles. The third-order valence-corrected chi connectivity index (χ3v) is 4.73. The summed E-state index contributed by atoms with van der Waals surface area (Å²) >= 11 is 0. The molecule has 1 aromatic rings. The number of nitrogens with two attached hydrogens (primary N) is 1. The van der Waals surface area contributed by atoms with Crippen molar-refractivity contribution in [3.05, 3.63) is 35.9 Å². The highest BCUT2D eigenvalue weighted by atomic mass is 16.7. The summed E-state index contributed by atoms with van der Waals surface area (Å²) in [5.41, 5.74) is 7.12. The maximum Gasteiger partial charge on any atom is 0.192 e. The number of likely N-dealkylation sites (tertiary alicyclic amines) is 1. The largest absolute Gasteiger partial charge is 0.343 e. The fourth-order valence-corrected chi connectivity index (χ4v) is 3.41. The molecule has 0 amide bonds. The van der Waals surface area contributed by atoms with Crippen molar-refractivity contribution < 1.29 is 9.47 Å². The molecule has 116 valence electrons. The Labute approximate surface area is 127 Å². The minimum absolute atomic E-state index is 0.131. The van der Waals surface area contributed by atoms with Crippen LogP contribution in [0.1, 0.15) is 32.3 Å². The van der Waals surface area contributed by atoms with Gasteiger partial charge in [0, 0.05) is 24.2 Å². The van der Waals surface area contributed by atoms with E-state index >= 15 is 0 Å². The van der Waals surface area contributed by atoms with Crippen LogP contribution in [-0.2, 0) is 15.3 Å². The summed E-state index contributed by atoms with van der Waals surface area (Å²) in [6, 6.07) is 11.1. The summed E-state index contributed by atoms with van der Waals surface area (Å²) in [5.74, 6) is -0.610. The Morgan fingerprint density at radius 2 is 2.10 bits per heavy atom. The summed E-state index contributed by atoms with van der Waals surface area (Å²) in [6.07, 6.45) is 2.28. The Kier molecular flexibility index (Phi) is 4.31. The van der Waals surface area contributed by atoms with Crippen molar-refractivity contribution in [3.8, 4) is 0 Å². The van der Waals surface area contributed by atoms with Crippen LogP contribution in [0.2, 0.25) is 0 Å². The fourth-order valence-electron chi connectivity index (χ4n) is 3.41. The molecule has 2 fully saturated rings. The Morgan fingerprint density at radius 1 is 1.33 bits per heavy atom. The van der Waals surface area contributed by atoms with E-state index in [4.69, 9.17) is 15.2 Å². The lowest BCUT2D eigenvalue weighted by Crippen LogP contribution is -2.48. The van der Waals surface area contributed by atoms with Gasteiger partial charge in [0.25, 0.3) is 0 Å². The lowest BCUT2D eigenvalue weighted by molar-refractivity contribution is -0.164. The van der Waals surface area contributed by atoms with Crippen LogP contribution < -0.4 is 5.73 Å². The average Bonchev–Trinajstić information content (AvgIpc) is 2.86. The summed E-state index contributed by atoms with van der Waals surface area (Å²) in [4.78, 5) is 2.48. The zero-order valence-corrected chi connectivity index (χ0v) is 13.0. The number of benzene rings is 1. The predicted molar refractivity (Wildman–Crippen MR) is 82.9 cm³/mol. The van der Waals surface area contributed by atoms with Gasteiger partial charge in [-0.2, -0.15) is 0 Å². The van der Waals surface area contributed by atoms with E-state index in [0.717, 1.165) is 31.5 Å². The van der Waals surface area contributed by atoms with Crippen molar-refractivity contribution in [2.24, 2.45) is 5.73 Å². The summed E-state index contributed by atoms with van der Waals surface area (Å²) in [5, 5.41) is 0. The maximum absolute atomic E-state index is 6.22. The maximum atomic E-state index is 6.22. The van der Waals surface area contributed by atoms with Crippen molar-refractivity contribution in [1.82, 2.24) is 4.90 Å². The number of nitrogens with zero attached hydrogens (tertiary/aromatic N) is 1. The number of piperidine rings is 1. The molecule has 2 N–H and O–H groups in total. The first-order chi connectivity index (χ1) is 10.1. The van der Waals surface area contributed by atoms with Gasteiger partial charge < -0.3 is 15.2 Å². The number of rotatable bonds is 3. The minimum Gasteiger partial charge on any atom is -0.343 e. The van der Waals surface area contributed by atoms with Crippen LogP contribution in [0.15, 0.2) is 30.3 Å². The second-order valence-corrected chi connectivity index (χ2v) is 6.49. The SMILES string of the molecule is CC1CC(N)CCN1CC1COC(C)(c2ccccc2)O1. The molecule has 3 rings (SSSR count). The lowest BCUT2D eigenvalue weighted by Gasteiger charge is -2.37. The normalized spacial score (nSPS) is 37.8. The molecule has 4 atom stereocenters. The molecule has 0 radical (unpaired) electrons. The lowest BCUT2D eigenvalue weighted by atomic mass is 9.99. The van der Waals surface area contributed by atoms with E-state index in [-0.39, 0.29) is 6.10 Å². The van der Waals surface area contributed by atoms with Gasteiger partial charge in [-0.1, -0.05) is 30.3 Å². The van der Waals surface area contributed by atoms with Gasteiger partial charge in [0.1, 0.15) is 0 Å². The Hall–Kier alpha value is -0.940. The van der Waals surface area contributed by atoms with Gasteiger partial charge in [-0.3, -0.25) is 4.90 Å². The smallest absolute Gasteiger partial charge is 0.192 e. The van der Waals surface area contributed by atoms with Gasteiger partial charge in [0.2, 0.25) is 0 Å². The average molecular weight is 290 g/mol. The Morgan fingerprint density at radius 3 is 2.81 bits per heavy atom. The second-order valence-electron chi connectivity index (χ2n) is 6.49. The molecule has 0 aromatic heterocycles. The van der Waals surface area contributed by atoms with Crippen molar-refractivity contribution in [2.75, 3.05) is 19.7 Å². The van der Waals surface area contributed by atoms with Crippen molar-refractivity contribution in [3.63, 3.8) is 0 Å². The van der Waals surface area contributed by atoms with E-state index < -0.39 is 5.79 Å². The van der Waals surface area contributed by atoms with Crippen LogP contribution >= 0.6 is 0 Å². The third-order valence-electron chi connectivity index (χ3n) is 4.73. The molecule has 0 saturated carbocycles. The predicted octanol–water partition coefficient (Wildman–Crippen LogP) is 2.09.